The second-order valence-electron chi connectivity index (χ2n) is 5.24. The summed E-state index contributed by atoms with van der Waals surface area (Å²) in [5.74, 6) is -0.843. The number of fused-ring (bicyclic) bond motifs is 1. The molecule has 1 aliphatic heterocycles. The molecule has 0 bridgehead atoms. The lowest BCUT2D eigenvalue weighted by molar-refractivity contribution is 0.0977. The molecule has 5 heteroatoms. The van der Waals surface area contributed by atoms with Crippen molar-refractivity contribution in [1.82, 2.24) is 0 Å². The molecular formula is C16H14BrFN2O. The van der Waals surface area contributed by atoms with Crippen LogP contribution in [0.4, 0.5) is 15.8 Å². The van der Waals surface area contributed by atoms with E-state index in [1.807, 2.05) is 19.1 Å². The minimum atomic E-state index is -0.515. The van der Waals surface area contributed by atoms with Gasteiger partial charge in [-0.3, -0.25) is 4.79 Å². The van der Waals surface area contributed by atoms with Gasteiger partial charge in [-0.2, -0.15) is 0 Å². The third-order valence-electron chi connectivity index (χ3n) is 3.70. The SMILES string of the molecule is CC1Cc2cc(N)ccc2N1C(=O)c1cc(Br)ccc1F. The summed E-state index contributed by atoms with van der Waals surface area (Å²) in [6, 6.07) is 9.82. The van der Waals surface area contributed by atoms with Gasteiger partial charge in [0.15, 0.2) is 0 Å². The van der Waals surface area contributed by atoms with Gasteiger partial charge in [-0.25, -0.2) is 4.39 Å². The zero-order valence-corrected chi connectivity index (χ0v) is 13.0. The number of hydrogen-bond donors (Lipinski definition) is 1. The number of nitrogens with zero attached hydrogens (tertiary/aromatic N) is 1. The van der Waals surface area contributed by atoms with Crippen LogP contribution in [0.2, 0.25) is 0 Å². The molecular weight excluding hydrogens is 335 g/mol. The molecule has 0 spiro atoms. The number of nitrogen functional groups attached to an aromatic ring is 1. The summed E-state index contributed by atoms with van der Waals surface area (Å²) in [6.07, 6.45) is 0.724. The van der Waals surface area contributed by atoms with Gasteiger partial charge in [0.05, 0.1) is 5.56 Å². The first-order chi connectivity index (χ1) is 9.97. The molecule has 2 N–H and O–H groups in total. The highest BCUT2D eigenvalue weighted by Gasteiger charge is 2.32. The molecule has 0 saturated heterocycles. The van der Waals surface area contributed by atoms with Crippen LogP contribution in [0.25, 0.3) is 0 Å². The molecule has 3 nitrogen and oxygen atoms in total. The third kappa shape index (κ3) is 2.42. The Hall–Kier alpha value is -1.88. The zero-order valence-electron chi connectivity index (χ0n) is 11.4. The predicted molar refractivity (Wildman–Crippen MR) is 84.9 cm³/mol. The van der Waals surface area contributed by atoms with E-state index in [0.717, 1.165) is 17.7 Å². The maximum absolute atomic E-state index is 14.0. The van der Waals surface area contributed by atoms with Crippen molar-refractivity contribution in [3.8, 4) is 0 Å². The predicted octanol–water partition coefficient (Wildman–Crippen LogP) is 3.76. The molecule has 1 aliphatic rings. The number of hydrogen-bond acceptors (Lipinski definition) is 2. The minimum Gasteiger partial charge on any atom is -0.399 e. The molecule has 1 unspecified atom stereocenters. The van der Waals surface area contributed by atoms with Crippen molar-refractivity contribution in [3.05, 3.63) is 57.8 Å². The van der Waals surface area contributed by atoms with Crippen LogP contribution in [0.5, 0.6) is 0 Å². The van der Waals surface area contributed by atoms with Crippen LogP contribution in [0.15, 0.2) is 40.9 Å². The van der Waals surface area contributed by atoms with E-state index in [0.29, 0.717) is 10.2 Å². The molecule has 21 heavy (non-hydrogen) atoms. The number of carbonyl (C=O) groups excluding carboxylic acids is 1. The largest absolute Gasteiger partial charge is 0.399 e. The minimum absolute atomic E-state index is 0.0207. The molecule has 3 rings (SSSR count). The number of nitrogens with two attached hydrogens (primary N) is 1. The van der Waals surface area contributed by atoms with Gasteiger partial charge in [0.2, 0.25) is 0 Å². The smallest absolute Gasteiger partial charge is 0.261 e. The number of carbonyl (C=O) groups is 1. The Balaban J connectivity index is 2.05. The van der Waals surface area contributed by atoms with Crippen LogP contribution in [0.3, 0.4) is 0 Å². The molecule has 2 aromatic rings. The van der Waals surface area contributed by atoms with Crippen molar-refractivity contribution < 1.29 is 9.18 Å². The molecule has 0 fully saturated rings. The molecule has 0 saturated carbocycles. The molecule has 108 valence electrons. The number of rotatable bonds is 1. The molecule has 1 atom stereocenters. The lowest BCUT2D eigenvalue weighted by atomic mass is 10.1. The van der Waals surface area contributed by atoms with Gasteiger partial charge in [0.25, 0.3) is 5.91 Å². The van der Waals surface area contributed by atoms with E-state index in [-0.39, 0.29) is 17.5 Å². The van der Waals surface area contributed by atoms with Crippen molar-refractivity contribution in [1.29, 1.82) is 0 Å². The van der Waals surface area contributed by atoms with E-state index >= 15 is 0 Å². The van der Waals surface area contributed by atoms with Gasteiger partial charge >= 0.3 is 0 Å². The molecule has 0 aliphatic carbocycles. The summed E-state index contributed by atoms with van der Waals surface area (Å²) in [6.45, 7) is 1.95. The first-order valence-corrected chi connectivity index (χ1v) is 7.43. The number of amides is 1. The van der Waals surface area contributed by atoms with E-state index in [9.17, 15) is 9.18 Å². The normalized spacial score (nSPS) is 16.9. The fourth-order valence-electron chi connectivity index (χ4n) is 2.75. The number of anilines is 2. The monoisotopic (exact) mass is 348 g/mol. The van der Waals surface area contributed by atoms with Crippen molar-refractivity contribution in [2.45, 2.75) is 19.4 Å². The summed E-state index contributed by atoms with van der Waals surface area (Å²) < 4.78 is 14.6. The maximum atomic E-state index is 14.0. The van der Waals surface area contributed by atoms with Crippen LogP contribution in [0.1, 0.15) is 22.8 Å². The standard InChI is InChI=1S/C16H14BrFN2O/c1-9-6-10-7-12(19)3-5-15(10)20(9)16(21)13-8-11(17)2-4-14(13)18/h2-5,7-9H,6,19H2,1H3. The van der Waals surface area contributed by atoms with E-state index in [1.165, 1.54) is 12.1 Å². The van der Waals surface area contributed by atoms with Gasteiger partial charge in [-0.05, 0) is 55.3 Å². The fraction of sp³-hybridized carbons (Fsp3) is 0.188. The maximum Gasteiger partial charge on any atom is 0.261 e. The van der Waals surface area contributed by atoms with E-state index in [4.69, 9.17) is 5.73 Å². The highest BCUT2D eigenvalue weighted by molar-refractivity contribution is 9.10. The van der Waals surface area contributed by atoms with Gasteiger partial charge < -0.3 is 10.6 Å². The van der Waals surface area contributed by atoms with Crippen LogP contribution >= 0.6 is 15.9 Å². The molecule has 2 aromatic carbocycles. The quantitative estimate of drug-likeness (QED) is 0.797. The molecule has 0 radical (unpaired) electrons. The highest BCUT2D eigenvalue weighted by atomic mass is 79.9. The molecule has 0 aromatic heterocycles. The second kappa shape index (κ2) is 5.15. The first kappa shape index (κ1) is 14.1. The summed E-state index contributed by atoms with van der Waals surface area (Å²) in [4.78, 5) is 14.4. The van der Waals surface area contributed by atoms with Crippen molar-refractivity contribution in [2.75, 3.05) is 10.6 Å². The van der Waals surface area contributed by atoms with E-state index < -0.39 is 5.82 Å². The summed E-state index contributed by atoms with van der Waals surface area (Å²) in [5.41, 5.74) is 8.35. The van der Waals surface area contributed by atoms with Crippen LogP contribution in [-0.4, -0.2) is 11.9 Å². The van der Waals surface area contributed by atoms with Crippen LogP contribution in [0, 0.1) is 5.82 Å². The van der Waals surface area contributed by atoms with Gasteiger partial charge in [-0.15, -0.1) is 0 Å². The number of halogens is 2. The fourth-order valence-corrected chi connectivity index (χ4v) is 3.11. The Bertz CT molecular complexity index is 732. The lowest BCUT2D eigenvalue weighted by Gasteiger charge is -2.23. The Morgan fingerprint density at radius 2 is 2.10 bits per heavy atom. The van der Waals surface area contributed by atoms with Crippen LogP contribution in [-0.2, 0) is 6.42 Å². The highest BCUT2D eigenvalue weighted by Crippen LogP contribution is 2.35. The average Bonchev–Trinajstić information content (AvgIpc) is 2.75. The van der Waals surface area contributed by atoms with E-state index in [2.05, 4.69) is 15.9 Å². The average molecular weight is 349 g/mol. The van der Waals surface area contributed by atoms with E-state index in [1.54, 1.807) is 17.0 Å². The Morgan fingerprint density at radius 3 is 2.86 bits per heavy atom. The Morgan fingerprint density at radius 1 is 1.33 bits per heavy atom. The number of benzene rings is 2. The zero-order chi connectivity index (χ0) is 15.1. The van der Waals surface area contributed by atoms with Crippen molar-refractivity contribution in [3.63, 3.8) is 0 Å². The van der Waals surface area contributed by atoms with Gasteiger partial charge in [0, 0.05) is 21.9 Å². The van der Waals surface area contributed by atoms with Crippen molar-refractivity contribution >= 4 is 33.2 Å². The summed E-state index contributed by atoms with van der Waals surface area (Å²) >= 11 is 3.28. The molecule has 1 amide bonds. The summed E-state index contributed by atoms with van der Waals surface area (Å²) in [7, 11) is 0. The second-order valence-corrected chi connectivity index (χ2v) is 6.16. The van der Waals surface area contributed by atoms with Crippen molar-refractivity contribution in [2.24, 2.45) is 0 Å². The molecule has 1 heterocycles. The third-order valence-corrected chi connectivity index (χ3v) is 4.19. The van der Waals surface area contributed by atoms with Crippen LogP contribution < -0.4 is 10.6 Å². The van der Waals surface area contributed by atoms with Gasteiger partial charge in [0.1, 0.15) is 5.82 Å². The Labute approximate surface area is 130 Å². The summed E-state index contributed by atoms with van der Waals surface area (Å²) in [5, 5.41) is 0. The first-order valence-electron chi connectivity index (χ1n) is 6.64. The topological polar surface area (TPSA) is 46.3 Å². The lowest BCUT2D eigenvalue weighted by Crippen LogP contribution is -2.36. The Kier molecular flexibility index (Phi) is 3.45. The van der Waals surface area contributed by atoms with Gasteiger partial charge in [-0.1, -0.05) is 15.9 Å².